The van der Waals surface area contributed by atoms with Crippen LogP contribution in [0.3, 0.4) is 0 Å². The lowest BCUT2D eigenvalue weighted by atomic mass is 10.1. The third-order valence-electron chi connectivity index (χ3n) is 1.99. The maximum atomic E-state index is 3.51. The summed E-state index contributed by atoms with van der Waals surface area (Å²) in [5, 5.41) is 4.61. The molecule has 1 nitrogen and oxygen atoms in total. The molecule has 0 bridgehead atoms. The normalized spacial score (nSPS) is 13.8. The minimum absolute atomic E-state index is 0.663. The second-order valence-corrected chi connectivity index (χ2v) is 4.66. The van der Waals surface area contributed by atoms with E-state index >= 15 is 0 Å². The third-order valence-corrected chi connectivity index (χ3v) is 2.45. The second kappa shape index (κ2) is 8.06. The molecule has 1 N–H and O–H groups in total. The molecule has 0 aliphatic carbocycles. The fourth-order valence-electron chi connectivity index (χ4n) is 1.12. The van der Waals surface area contributed by atoms with E-state index in [9.17, 15) is 0 Å². The zero-order chi connectivity index (χ0) is 9.40. The maximum Gasteiger partial charge on any atom is 0.00466 e. The smallest absolute Gasteiger partial charge is 0.00466 e. The molecule has 0 aromatic heterocycles. The van der Waals surface area contributed by atoms with E-state index in [1.165, 1.54) is 25.8 Å². The van der Waals surface area contributed by atoms with Crippen molar-refractivity contribution in [3.63, 3.8) is 0 Å². The summed E-state index contributed by atoms with van der Waals surface area (Å²) in [6.45, 7) is 7.98. The molecule has 1 atom stereocenters. The summed E-state index contributed by atoms with van der Waals surface area (Å²) in [7, 11) is 0. The molecule has 0 rings (SSSR count). The molecule has 74 valence electrons. The number of halogens is 1. The van der Waals surface area contributed by atoms with E-state index in [0.717, 1.165) is 11.2 Å². The van der Waals surface area contributed by atoms with E-state index < -0.39 is 0 Å². The van der Waals surface area contributed by atoms with E-state index in [4.69, 9.17) is 0 Å². The number of hydrogen-bond donors (Lipinski definition) is 1. The predicted molar refractivity (Wildman–Crippen MR) is 59.9 cm³/mol. The molecular weight excluding hydrogens is 214 g/mol. The van der Waals surface area contributed by atoms with Gasteiger partial charge in [0.25, 0.3) is 0 Å². The number of nitrogens with one attached hydrogen (secondary N) is 1. The van der Waals surface area contributed by atoms with Crippen molar-refractivity contribution in [2.45, 2.75) is 46.1 Å². The van der Waals surface area contributed by atoms with Crippen LogP contribution in [-0.4, -0.2) is 17.9 Å². The Bertz CT molecular complexity index is 93.8. The van der Waals surface area contributed by atoms with Gasteiger partial charge >= 0.3 is 0 Å². The summed E-state index contributed by atoms with van der Waals surface area (Å²) in [5.41, 5.74) is 0. The van der Waals surface area contributed by atoms with E-state index in [-0.39, 0.29) is 0 Å². The van der Waals surface area contributed by atoms with E-state index in [1.54, 1.807) is 0 Å². The first kappa shape index (κ1) is 12.4. The molecule has 0 fully saturated rings. The molecule has 0 aliphatic heterocycles. The molecule has 0 aliphatic rings. The van der Waals surface area contributed by atoms with Crippen molar-refractivity contribution in [1.82, 2.24) is 5.32 Å². The minimum Gasteiger partial charge on any atom is -0.314 e. The van der Waals surface area contributed by atoms with E-state index in [0.29, 0.717) is 6.04 Å². The molecule has 0 amide bonds. The molecule has 0 radical (unpaired) electrons. The summed E-state index contributed by atoms with van der Waals surface area (Å²) < 4.78 is 0. The molecule has 0 aromatic rings. The summed E-state index contributed by atoms with van der Waals surface area (Å²) in [4.78, 5) is 0. The topological polar surface area (TPSA) is 12.0 Å². The molecule has 0 saturated carbocycles. The van der Waals surface area contributed by atoms with Crippen LogP contribution in [0.25, 0.3) is 0 Å². The van der Waals surface area contributed by atoms with Gasteiger partial charge in [0, 0.05) is 11.4 Å². The van der Waals surface area contributed by atoms with Gasteiger partial charge in [0.15, 0.2) is 0 Å². The van der Waals surface area contributed by atoms with Crippen molar-refractivity contribution in [2.24, 2.45) is 5.92 Å². The average Bonchev–Trinajstić information content (AvgIpc) is 1.98. The number of alkyl halides is 1. The summed E-state index contributed by atoms with van der Waals surface area (Å²) >= 11 is 3.44. The van der Waals surface area contributed by atoms with Crippen LogP contribution in [0.15, 0.2) is 0 Å². The van der Waals surface area contributed by atoms with Crippen LogP contribution in [0, 0.1) is 5.92 Å². The first-order valence-electron chi connectivity index (χ1n) is 4.96. The van der Waals surface area contributed by atoms with Gasteiger partial charge < -0.3 is 5.32 Å². The Morgan fingerprint density at radius 2 is 1.83 bits per heavy atom. The lowest BCUT2D eigenvalue weighted by molar-refractivity contribution is 0.484. The van der Waals surface area contributed by atoms with Crippen LogP contribution < -0.4 is 5.32 Å². The van der Waals surface area contributed by atoms with Gasteiger partial charge in [0.1, 0.15) is 0 Å². The highest BCUT2D eigenvalue weighted by Crippen LogP contribution is 2.02. The molecule has 0 aromatic carbocycles. The Kier molecular flexibility index (Phi) is 8.35. The molecule has 0 heterocycles. The zero-order valence-corrected chi connectivity index (χ0v) is 10.2. The van der Waals surface area contributed by atoms with Crippen LogP contribution in [0.4, 0.5) is 0 Å². The van der Waals surface area contributed by atoms with Gasteiger partial charge in [-0.05, 0) is 38.6 Å². The molecule has 0 spiro atoms. The highest BCUT2D eigenvalue weighted by Gasteiger charge is 1.99. The van der Waals surface area contributed by atoms with Gasteiger partial charge in [-0.2, -0.15) is 0 Å². The number of rotatable bonds is 7. The largest absolute Gasteiger partial charge is 0.314 e. The zero-order valence-electron chi connectivity index (χ0n) is 8.57. The Hall–Kier alpha value is 0.440. The van der Waals surface area contributed by atoms with Crippen molar-refractivity contribution in [1.29, 1.82) is 0 Å². The fraction of sp³-hybridized carbons (Fsp3) is 1.00. The van der Waals surface area contributed by atoms with Crippen molar-refractivity contribution >= 4 is 15.9 Å². The van der Waals surface area contributed by atoms with Crippen molar-refractivity contribution in [2.75, 3.05) is 11.9 Å². The molecule has 12 heavy (non-hydrogen) atoms. The maximum absolute atomic E-state index is 3.51. The predicted octanol–water partition coefficient (Wildman–Crippen LogP) is 3.19. The molecule has 0 saturated heterocycles. The first-order valence-corrected chi connectivity index (χ1v) is 6.08. The highest BCUT2D eigenvalue weighted by atomic mass is 79.9. The van der Waals surface area contributed by atoms with Gasteiger partial charge in [-0.3, -0.25) is 0 Å². The summed E-state index contributed by atoms with van der Waals surface area (Å²) in [6.07, 6.45) is 3.88. The molecule has 2 heteroatoms. The van der Waals surface area contributed by atoms with Crippen LogP contribution in [0.1, 0.15) is 40.0 Å². The Morgan fingerprint density at radius 1 is 1.17 bits per heavy atom. The fourth-order valence-corrected chi connectivity index (χ4v) is 1.81. The van der Waals surface area contributed by atoms with Crippen LogP contribution in [0.2, 0.25) is 0 Å². The van der Waals surface area contributed by atoms with Gasteiger partial charge in [0.05, 0.1) is 0 Å². The monoisotopic (exact) mass is 235 g/mol. The summed E-state index contributed by atoms with van der Waals surface area (Å²) in [6, 6.07) is 0.663. The lowest BCUT2D eigenvalue weighted by Crippen LogP contribution is -2.27. The van der Waals surface area contributed by atoms with Crippen LogP contribution in [0.5, 0.6) is 0 Å². The average molecular weight is 236 g/mol. The van der Waals surface area contributed by atoms with E-state index in [1.807, 2.05) is 0 Å². The summed E-state index contributed by atoms with van der Waals surface area (Å²) in [5.74, 6) is 0.846. The Morgan fingerprint density at radius 3 is 2.33 bits per heavy atom. The van der Waals surface area contributed by atoms with Crippen molar-refractivity contribution < 1.29 is 0 Å². The quantitative estimate of drug-likeness (QED) is 0.528. The van der Waals surface area contributed by atoms with E-state index in [2.05, 4.69) is 42.0 Å². The van der Waals surface area contributed by atoms with Crippen LogP contribution in [-0.2, 0) is 0 Å². The Balaban J connectivity index is 3.08. The van der Waals surface area contributed by atoms with Crippen LogP contribution >= 0.6 is 15.9 Å². The second-order valence-electron chi connectivity index (χ2n) is 3.87. The van der Waals surface area contributed by atoms with Gasteiger partial charge in [0.2, 0.25) is 0 Å². The van der Waals surface area contributed by atoms with Gasteiger partial charge in [-0.15, -0.1) is 0 Å². The number of hydrogen-bond acceptors (Lipinski definition) is 1. The van der Waals surface area contributed by atoms with Crippen molar-refractivity contribution in [3.8, 4) is 0 Å². The lowest BCUT2D eigenvalue weighted by Gasteiger charge is -2.12. The Labute approximate surface area is 85.4 Å². The standard InChI is InChI=1S/C10H22BrN/c1-9(2)5-4-8-12-10(3)6-7-11/h9-10,12H,4-8H2,1-3H3. The molecule has 1 unspecified atom stereocenters. The van der Waals surface area contributed by atoms with Gasteiger partial charge in [-0.1, -0.05) is 29.8 Å². The SMILES string of the molecule is CC(C)CCCNC(C)CCBr. The third kappa shape index (κ3) is 8.54. The molecular formula is C10H22BrN. The highest BCUT2D eigenvalue weighted by molar-refractivity contribution is 9.09. The minimum atomic E-state index is 0.663. The first-order chi connectivity index (χ1) is 5.66. The van der Waals surface area contributed by atoms with Gasteiger partial charge in [-0.25, -0.2) is 0 Å². The van der Waals surface area contributed by atoms with Crippen molar-refractivity contribution in [3.05, 3.63) is 0 Å².